The quantitative estimate of drug-likeness (QED) is 0.818. The van der Waals surface area contributed by atoms with Gasteiger partial charge in [-0.3, -0.25) is 9.89 Å². The van der Waals surface area contributed by atoms with Crippen molar-refractivity contribution in [1.82, 2.24) is 14.1 Å². The van der Waals surface area contributed by atoms with Crippen molar-refractivity contribution in [1.29, 1.82) is 0 Å². The summed E-state index contributed by atoms with van der Waals surface area (Å²) in [6.07, 6.45) is 3.98. The fourth-order valence-corrected chi connectivity index (χ4v) is 5.40. The minimum absolute atomic E-state index is 0.357. The third-order valence-electron chi connectivity index (χ3n) is 5.55. The van der Waals surface area contributed by atoms with Crippen LogP contribution in [0.3, 0.4) is 0 Å². The van der Waals surface area contributed by atoms with Crippen LogP contribution in [-0.4, -0.2) is 73.8 Å². The minimum Gasteiger partial charge on any atom is -0.339 e. The zero-order valence-electron chi connectivity index (χ0n) is 14.8. The monoisotopic (exact) mass is 362 g/mol. The predicted octanol–water partition coefficient (Wildman–Crippen LogP) is 1.53. The Morgan fingerprint density at radius 3 is 2.48 bits per heavy atom. The first-order valence-electron chi connectivity index (χ1n) is 9.18. The van der Waals surface area contributed by atoms with Crippen molar-refractivity contribution >= 4 is 16.0 Å². The van der Waals surface area contributed by atoms with Crippen molar-refractivity contribution in [2.45, 2.75) is 37.1 Å². The van der Waals surface area contributed by atoms with Gasteiger partial charge in [0, 0.05) is 32.2 Å². The molecule has 2 aliphatic heterocycles. The number of aryl methyl sites for hydroxylation is 1. The second-order valence-corrected chi connectivity index (χ2v) is 9.05. The highest BCUT2D eigenvalue weighted by Gasteiger charge is 2.36. The van der Waals surface area contributed by atoms with Crippen molar-refractivity contribution in [2.24, 2.45) is 4.99 Å². The standard InChI is InChI=1S/C18H26N4O2S/c1-15-4-2-7-17(14-15)25(23,24)22-9-8-19-18(22)21-12-10-20(11-13-21)16-5-3-6-16/h2,4,7,14,16H,3,5-6,8-13H2,1H3. The summed E-state index contributed by atoms with van der Waals surface area (Å²) in [5, 5.41) is 0. The van der Waals surface area contributed by atoms with Gasteiger partial charge in [0.05, 0.1) is 18.0 Å². The van der Waals surface area contributed by atoms with Crippen molar-refractivity contribution in [3.05, 3.63) is 29.8 Å². The first kappa shape index (κ1) is 16.8. The second-order valence-electron chi connectivity index (χ2n) is 7.18. The van der Waals surface area contributed by atoms with E-state index in [1.165, 1.54) is 23.6 Å². The number of nitrogens with zero attached hydrogens (tertiary/aromatic N) is 4. The Balaban J connectivity index is 1.49. The van der Waals surface area contributed by atoms with Crippen LogP contribution in [0.25, 0.3) is 0 Å². The summed E-state index contributed by atoms with van der Waals surface area (Å²) in [5.74, 6) is 0.634. The van der Waals surface area contributed by atoms with Crippen molar-refractivity contribution in [3.63, 3.8) is 0 Å². The molecule has 0 unspecified atom stereocenters. The molecule has 0 radical (unpaired) electrons. The Labute approximate surface area is 150 Å². The number of hydrogen-bond acceptors (Lipinski definition) is 5. The number of aliphatic imine (C=N–C) groups is 1. The van der Waals surface area contributed by atoms with Gasteiger partial charge in [0.25, 0.3) is 10.0 Å². The Kier molecular flexibility index (Phi) is 4.45. The summed E-state index contributed by atoms with van der Waals surface area (Å²) in [5.41, 5.74) is 0.952. The fourth-order valence-electron chi connectivity index (χ4n) is 3.85. The smallest absolute Gasteiger partial charge is 0.266 e. The summed E-state index contributed by atoms with van der Waals surface area (Å²) < 4.78 is 27.7. The first-order chi connectivity index (χ1) is 12.1. The molecule has 6 nitrogen and oxygen atoms in total. The zero-order chi connectivity index (χ0) is 17.4. The molecule has 1 saturated carbocycles. The zero-order valence-corrected chi connectivity index (χ0v) is 15.6. The molecule has 1 saturated heterocycles. The molecule has 7 heteroatoms. The molecule has 0 N–H and O–H groups in total. The highest BCUT2D eigenvalue weighted by molar-refractivity contribution is 7.89. The molecule has 0 spiro atoms. The molecule has 0 amide bonds. The molecule has 3 aliphatic rings. The van der Waals surface area contributed by atoms with Gasteiger partial charge in [-0.25, -0.2) is 12.7 Å². The molecule has 1 aliphatic carbocycles. The fraction of sp³-hybridized carbons (Fsp3) is 0.611. The molecule has 4 rings (SSSR count). The molecule has 136 valence electrons. The summed E-state index contributed by atoms with van der Waals surface area (Å²) in [6, 6.07) is 7.87. The van der Waals surface area contributed by atoms with Crippen LogP contribution in [-0.2, 0) is 10.0 Å². The van der Waals surface area contributed by atoms with Gasteiger partial charge >= 0.3 is 0 Å². The Hall–Kier alpha value is -1.60. The SMILES string of the molecule is Cc1cccc(S(=O)(=O)N2CCN=C2N2CCN(C3CCC3)CC2)c1. The average molecular weight is 362 g/mol. The highest BCUT2D eigenvalue weighted by atomic mass is 32.2. The molecule has 0 bridgehead atoms. The predicted molar refractivity (Wildman–Crippen MR) is 98.2 cm³/mol. The van der Waals surface area contributed by atoms with Crippen molar-refractivity contribution in [2.75, 3.05) is 39.3 Å². The second kappa shape index (κ2) is 6.61. The van der Waals surface area contributed by atoms with Crippen LogP contribution < -0.4 is 0 Å². The van der Waals surface area contributed by atoms with Crippen LogP contribution in [0, 0.1) is 6.92 Å². The lowest BCUT2D eigenvalue weighted by Gasteiger charge is -2.44. The highest BCUT2D eigenvalue weighted by Crippen LogP contribution is 2.27. The van der Waals surface area contributed by atoms with Crippen LogP contribution in [0.15, 0.2) is 34.2 Å². The van der Waals surface area contributed by atoms with E-state index >= 15 is 0 Å². The summed E-state index contributed by atoms with van der Waals surface area (Å²) >= 11 is 0. The maximum absolute atomic E-state index is 13.1. The molecule has 25 heavy (non-hydrogen) atoms. The third kappa shape index (κ3) is 3.15. The van der Waals surface area contributed by atoms with E-state index in [0.717, 1.165) is 37.8 Å². The van der Waals surface area contributed by atoms with E-state index in [1.807, 2.05) is 13.0 Å². The maximum Gasteiger partial charge on any atom is 0.266 e. The van der Waals surface area contributed by atoms with Gasteiger partial charge in [0.15, 0.2) is 0 Å². The van der Waals surface area contributed by atoms with Gasteiger partial charge < -0.3 is 4.90 Å². The van der Waals surface area contributed by atoms with E-state index in [0.29, 0.717) is 23.9 Å². The Morgan fingerprint density at radius 1 is 1.08 bits per heavy atom. The number of rotatable bonds is 3. The van der Waals surface area contributed by atoms with Crippen LogP contribution >= 0.6 is 0 Å². The van der Waals surface area contributed by atoms with Gasteiger partial charge in [0.1, 0.15) is 0 Å². The lowest BCUT2D eigenvalue weighted by atomic mass is 9.91. The molecule has 1 aromatic rings. The van der Waals surface area contributed by atoms with Gasteiger partial charge in [0.2, 0.25) is 5.96 Å². The molecule has 1 aromatic carbocycles. The van der Waals surface area contributed by atoms with Crippen molar-refractivity contribution < 1.29 is 8.42 Å². The van der Waals surface area contributed by atoms with Gasteiger partial charge in [-0.2, -0.15) is 0 Å². The third-order valence-corrected chi connectivity index (χ3v) is 7.32. The topological polar surface area (TPSA) is 56.2 Å². The van der Waals surface area contributed by atoms with E-state index in [2.05, 4.69) is 14.8 Å². The number of sulfonamides is 1. The lowest BCUT2D eigenvalue weighted by Crippen LogP contribution is -2.56. The molecule has 0 atom stereocenters. The summed E-state index contributed by atoms with van der Waals surface area (Å²) in [4.78, 5) is 9.59. The van der Waals surface area contributed by atoms with E-state index in [4.69, 9.17) is 0 Å². The van der Waals surface area contributed by atoms with Crippen molar-refractivity contribution in [3.8, 4) is 0 Å². The van der Waals surface area contributed by atoms with Crippen LogP contribution in [0.5, 0.6) is 0 Å². The van der Waals surface area contributed by atoms with Crippen LogP contribution in [0.4, 0.5) is 0 Å². The molecular weight excluding hydrogens is 336 g/mol. The molecule has 2 heterocycles. The van der Waals surface area contributed by atoms with Gasteiger partial charge in [-0.1, -0.05) is 18.6 Å². The lowest BCUT2D eigenvalue weighted by molar-refractivity contribution is 0.0833. The number of guanidine groups is 1. The largest absolute Gasteiger partial charge is 0.339 e. The Morgan fingerprint density at radius 2 is 1.84 bits per heavy atom. The summed E-state index contributed by atoms with van der Waals surface area (Å²) in [6.45, 7) is 6.61. The number of benzene rings is 1. The van der Waals surface area contributed by atoms with Gasteiger partial charge in [-0.05, 0) is 37.5 Å². The first-order valence-corrected chi connectivity index (χ1v) is 10.6. The van der Waals surface area contributed by atoms with Crippen LogP contribution in [0.2, 0.25) is 0 Å². The Bertz CT molecular complexity index is 765. The average Bonchev–Trinajstić information content (AvgIpc) is 3.04. The van der Waals surface area contributed by atoms with Crippen LogP contribution in [0.1, 0.15) is 24.8 Å². The molecule has 0 aromatic heterocycles. The van der Waals surface area contributed by atoms with E-state index < -0.39 is 10.0 Å². The molecule has 2 fully saturated rings. The van der Waals surface area contributed by atoms with E-state index in [9.17, 15) is 8.42 Å². The molecular formula is C18H26N4O2S. The number of piperazine rings is 1. The van der Waals surface area contributed by atoms with Gasteiger partial charge in [-0.15, -0.1) is 0 Å². The number of hydrogen-bond donors (Lipinski definition) is 0. The van der Waals surface area contributed by atoms with E-state index in [-0.39, 0.29) is 0 Å². The van der Waals surface area contributed by atoms with E-state index in [1.54, 1.807) is 18.2 Å². The maximum atomic E-state index is 13.1. The minimum atomic E-state index is -3.54. The summed E-state index contributed by atoms with van der Waals surface area (Å²) in [7, 11) is -3.54. The normalized spacial score (nSPS) is 22.8.